The molecule has 0 N–H and O–H groups in total. The maximum Gasteiger partial charge on any atom is 0.485 e. The molecule has 0 aliphatic rings. The molecule has 114 valence electrons. The standard InChI is InChI=1S/C10H14NSe.CHF3O3S/c1-11(2)10(12-3)9-7-5-4-6-8-9;2-1(3,4)8(5,6)7/h4-8H,1-3H3;(H,5,6,7)/q+1;/p-1. The first kappa shape index (κ1) is 19.1. The fraction of sp³-hybridized carbons (Fsp3) is 0.364. The Morgan fingerprint density at radius 3 is 1.85 bits per heavy atom. The molecule has 1 rings (SSSR count). The van der Waals surface area contributed by atoms with Gasteiger partial charge in [-0.3, -0.25) is 0 Å². The van der Waals surface area contributed by atoms with Crippen molar-refractivity contribution < 1.29 is 30.7 Å². The molecule has 0 aliphatic carbocycles. The maximum absolute atomic E-state index is 10.7. The molecule has 9 heteroatoms. The molecule has 1 aromatic rings. The molecule has 0 saturated heterocycles. The molecule has 0 aromatic heterocycles. The van der Waals surface area contributed by atoms with E-state index in [0.717, 1.165) is 0 Å². The van der Waals surface area contributed by atoms with Gasteiger partial charge < -0.3 is 4.55 Å². The molecule has 0 aliphatic heterocycles. The van der Waals surface area contributed by atoms with Gasteiger partial charge in [-0.05, 0) is 0 Å². The molecule has 0 bridgehead atoms. The number of rotatable bonds is 2. The maximum atomic E-state index is 10.7. The SMILES string of the molecule is C[Se]C(c1ccccc1)=[N+](C)C.O=S(=O)([O-])C(F)(F)F. The van der Waals surface area contributed by atoms with E-state index in [1.54, 1.807) is 0 Å². The van der Waals surface area contributed by atoms with Crippen molar-refractivity contribution in [3.05, 3.63) is 35.9 Å². The summed E-state index contributed by atoms with van der Waals surface area (Å²) < 4.78 is 62.6. The summed E-state index contributed by atoms with van der Waals surface area (Å²) in [5.41, 5.74) is -4.29. The number of hydrogen-bond acceptors (Lipinski definition) is 3. The topological polar surface area (TPSA) is 60.2 Å². The van der Waals surface area contributed by atoms with Crippen LogP contribution in [0.25, 0.3) is 0 Å². The summed E-state index contributed by atoms with van der Waals surface area (Å²) in [5.74, 6) is 2.25. The first-order valence-electron chi connectivity index (χ1n) is 5.16. The molecule has 4 nitrogen and oxygen atoms in total. The molecule has 20 heavy (non-hydrogen) atoms. The monoisotopic (exact) mass is 377 g/mol. The van der Waals surface area contributed by atoms with E-state index in [9.17, 15) is 13.2 Å². The van der Waals surface area contributed by atoms with Crippen LogP contribution in [0.4, 0.5) is 13.2 Å². The average molecular weight is 376 g/mol. The molecule has 0 saturated carbocycles. The van der Waals surface area contributed by atoms with Gasteiger partial charge in [0.1, 0.15) is 0 Å². The summed E-state index contributed by atoms with van der Waals surface area (Å²) in [7, 11) is -1.88. The summed E-state index contributed by atoms with van der Waals surface area (Å²) >= 11 is 0.560. The van der Waals surface area contributed by atoms with Crippen LogP contribution in [-0.2, 0) is 10.1 Å². The Kier molecular flexibility index (Phi) is 7.43. The van der Waals surface area contributed by atoms with Crippen LogP contribution < -0.4 is 0 Å². The van der Waals surface area contributed by atoms with E-state index in [1.165, 1.54) is 10.2 Å². The van der Waals surface area contributed by atoms with E-state index in [2.05, 4.69) is 54.8 Å². The third kappa shape index (κ3) is 6.51. The summed E-state index contributed by atoms with van der Waals surface area (Å²) in [5, 5.41) is 0. The van der Waals surface area contributed by atoms with Gasteiger partial charge in [0, 0.05) is 0 Å². The van der Waals surface area contributed by atoms with Crippen LogP contribution in [0.1, 0.15) is 5.56 Å². The van der Waals surface area contributed by atoms with Crippen molar-refractivity contribution in [3.8, 4) is 0 Å². The van der Waals surface area contributed by atoms with Crippen LogP contribution in [0.3, 0.4) is 0 Å². The van der Waals surface area contributed by atoms with E-state index in [-0.39, 0.29) is 0 Å². The van der Waals surface area contributed by atoms with Crippen LogP contribution in [-0.4, -0.2) is 56.7 Å². The second-order valence-corrected chi connectivity index (χ2v) is 6.71. The van der Waals surface area contributed by atoms with Crippen LogP contribution in [0.5, 0.6) is 0 Å². The van der Waals surface area contributed by atoms with Gasteiger partial charge in [-0.25, -0.2) is 8.42 Å². The van der Waals surface area contributed by atoms with Crippen molar-refractivity contribution in [2.75, 3.05) is 14.1 Å². The Morgan fingerprint density at radius 1 is 1.20 bits per heavy atom. The Morgan fingerprint density at radius 2 is 1.60 bits per heavy atom. The zero-order valence-corrected chi connectivity index (χ0v) is 13.5. The Hall–Kier alpha value is -0.891. The van der Waals surface area contributed by atoms with Gasteiger partial charge in [0.15, 0.2) is 10.1 Å². The number of nitrogens with zero attached hydrogens (tertiary/aromatic N) is 1. The van der Waals surface area contributed by atoms with Crippen LogP contribution in [0.2, 0.25) is 5.82 Å². The fourth-order valence-corrected chi connectivity index (χ4v) is 2.69. The summed E-state index contributed by atoms with van der Waals surface area (Å²) in [6.45, 7) is 0. The van der Waals surface area contributed by atoms with Crippen LogP contribution >= 0.6 is 0 Å². The first-order valence-corrected chi connectivity index (χ1v) is 9.14. The minimum Gasteiger partial charge on any atom is -0.741 e. The quantitative estimate of drug-likeness (QED) is 0.259. The molecule has 0 atom stereocenters. The fourth-order valence-electron chi connectivity index (χ4n) is 1.14. The minimum absolute atomic E-state index is 0.560. The van der Waals surface area contributed by atoms with Crippen molar-refractivity contribution >= 4 is 29.7 Å². The molecule has 0 heterocycles. The van der Waals surface area contributed by atoms with Crippen molar-refractivity contribution in [1.82, 2.24) is 0 Å². The largest absolute Gasteiger partial charge is 0.741 e. The molecule has 0 radical (unpaired) electrons. The smallest absolute Gasteiger partial charge is 0.485 e. The van der Waals surface area contributed by atoms with Gasteiger partial charge in [-0.2, -0.15) is 13.2 Å². The number of halogens is 3. The van der Waals surface area contributed by atoms with E-state index in [0.29, 0.717) is 15.0 Å². The second-order valence-electron chi connectivity index (χ2n) is 3.67. The molecule has 0 unspecified atom stereocenters. The van der Waals surface area contributed by atoms with Crippen molar-refractivity contribution in [2.24, 2.45) is 0 Å². The molecule has 0 spiro atoms. The van der Waals surface area contributed by atoms with Gasteiger partial charge in [0.05, 0.1) is 0 Å². The van der Waals surface area contributed by atoms with Crippen LogP contribution in [0, 0.1) is 0 Å². The van der Waals surface area contributed by atoms with Gasteiger partial charge in [-0.15, -0.1) is 0 Å². The molecule has 0 fully saturated rings. The number of benzene rings is 1. The van der Waals surface area contributed by atoms with Crippen molar-refractivity contribution in [1.29, 1.82) is 0 Å². The Balaban J connectivity index is 0.000000396. The second kappa shape index (κ2) is 7.78. The van der Waals surface area contributed by atoms with E-state index >= 15 is 0 Å². The number of hydrogen-bond donors (Lipinski definition) is 0. The predicted molar refractivity (Wildman–Crippen MR) is 70.0 cm³/mol. The first-order chi connectivity index (χ1) is 9.00. The van der Waals surface area contributed by atoms with Crippen molar-refractivity contribution in [2.45, 2.75) is 11.3 Å². The minimum atomic E-state index is -6.09. The van der Waals surface area contributed by atoms with E-state index in [4.69, 9.17) is 13.0 Å². The molecule has 1 aromatic carbocycles. The Labute approximate surface area is 122 Å². The van der Waals surface area contributed by atoms with Gasteiger partial charge in [-0.1, -0.05) is 0 Å². The molecular formula is C11H14F3NO3SSe. The number of alkyl halides is 3. The van der Waals surface area contributed by atoms with Crippen LogP contribution in [0.15, 0.2) is 30.3 Å². The van der Waals surface area contributed by atoms with Gasteiger partial charge in [0.25, 0.3) is 0 Å². The average Bonchev–Trinajstić information content (AvgIpc) is 2.29. The van der Waals surface area contributed by atoms with E-state index in [1.807, 2.05) is 0 Å². The summed E-state index contributed by atoms with van der Waals surface area (Å²) in [6.07, 6.45) is 0. The Bertz CT molecular complexity index is 552. The molecule has 0 amide bonds. The third-order valence-corrected chi connectivity index (χ3v) is 4.54. The molecular weight excluding hydrogens is 362 g/mol. The normalized spacial score (nSPS) is 11.3. The summed E-state index contributed by atoms with van der Waals surface area (Å²) in [4.78, 5) is 0. The third-order valence-electron chi connectivity index (χ3n) is 1.90. The zero-order valence-electron chi connectivity index (χ0n) is 11.0. The van der Waals surface area contributed by atoms with Gasteiger partial charge in [0.2, 0.25) is 0 Å². The summed E-state index contributed by atoms with van der Waals surface area (Å²) in [6, 6.07) is 10.6. The zero-order chi connectivity index (χ0) is 16.0. The van der Waals surface area contributed by atoms with Gasteiger partial charge >= 0.3 is 85.5 Å². The van der Waals surface area contributed by atoms with Crippen molar-refractivity contribution in [3.63, 3.8) is 0 Å². The predicted octanol–water partition coefficient (Wildman–Crippen LogP) is 1.51. The van der Waals surface area contributed by atoms with E-state index < -0.39 is 15.6 Å².